The van der Waals surface area contributed by atoms with Crippen molar-refractivity contribution in [1.82, 2.24) is 0 Å². The van der Waals surface area contributed by atoms with E-state index >= 15 is 0 Å². The number of hydrogen-bond acceptors (Lipinski definition) is 5. The molecule has 0 saturated carbocycles. The first-order valence-electron chi connectivity index (χ1n) is 9.88. The largest absolute Gasteiger partial charge is 4.00 e. The Kier molecular flexibility index (Phi) is 31.2. The van der Waals surface area contributed by atoms with Crippen LogP contribution in [0.5, 0.6) is 0 Å². The monoisotopic (exact) mass is 453 g/mol. The third-order valence-corrected chi connectivity index (χ3v) is 1.84. The molecular weight excluding hydrogens is 414 g/mol. The molecule has 6 heteroatoms. The van der Waals surface area contributed by atoms with E-state index < -0.39 is 24.4 Å². The fraction of sp³-hybridized carbons (Fsp3) is 0.500. The van der Waals surface area contributed by atoms with Gasteiger partial charge in [-0.25, -0.2) is 0 Å². The second kappa shape index (κ2) is 25.8. The van der Waals surface area contributed by atoms with Crippen LogP contribution in [0.25, 0.3) is 0 Å². The number of rotatable bonds is 2. The maximum absolute atomic E-state index is 9.53. The Morgan fingerprint density at radius 2 is 0.633 bits per heavy atom. The quantitative estimate of drug-likeness (QED) is 0.704. The fourth-order valence-electron chi connectivity index (χ4n) is 1.21. The molecule has 0 heterocycles. The van der Waals surface area contributed by atoms with Gasteiger partial charge in [0.1, 0.15) is 0 Å². The van der Waals surface area contributed by atoms with Gasteiger partial charge >= 0.3 is 21.7 Å². The first kappa shape index (κ1) is 36.2. The zero-order valence-electron chi connectivity index (χ0n) is 19.7. The Hall–Kier alpha value is -1.21. The van der Waals surface area contributed by atoms with Crippen molar-refractivity contribution < 1.29 is 42.1 Å². The van der Waals surface area contributed by atoms with Crippen LogP contribution >= 0.6 is 0 Å². The van der Waals surface area contributed by atoms with Gasteiger partial charge in [-0.05, 0) is 24.3 Å². The van der Waals surface area contributed by atoms with E-state index in [0.29, 0.717) is 0 Å². The van der Waals surface area contributed by atoms with Gasteiger partial charge in [0.05, 0.1) is 0 Å². The van der Waals surface area contributed by atoms with E-state index in [1.807, 2.05) is 60.7 Å². The molecule has 0 aliphatic heterocycles. The summed E-state index contributed by atoms with van der Waals surface area (Å²) in [5.41, 5.74) is 2.24. The van der Waals surface area contributed by atoms with Gasteiger partial charge in [0, 0.05) is 11.4 Å². The fourth-order valence-corrected chi connectivity index (χ4v) is 1.21. The average molecular weight is 453 g/mol. The molecule has 0 aromatic heterocycles. The van der Waals surface area contributed by atoms with Crippen molar-refractivity contribution in [3.8, 4) is 0 Å². The van der Waals surface area contributed by atoms with Crippen LogP contribution in [-0.4, -0.2) is 24.4 Å². The minimum absolute atomic E-state index is 0. The van der Waals surface area contributed by atoms with Crippen LogP contribution in [0.4, 0.5) is 11.4 Å². The number of anilines is 2. The Morgan fingerprint density at radius 3 is 0.800 bits per heavy atom. The topological polar surface area (TPSA) is 104 Å². The van der Waals surface area contributed by atoms with E-state index in [2.05, 4.69) is 5.32 Å². The summed E-state index contributed by atoms with van der Waals surface area (Å²) in [5.74, 6) is 0. The van der Waals surface area contributed by atoms with Gasteiger partial charge in [-0.1, -0.05) is 91.8 Å². The average Bonchev–Trinajstić information content (AvgIpc) is 2.54. The van der Waals surface area contributed by atoms with Crippen LogP contribution in [0, 0.1) is 0 Å². The summed E-state index contributed by atoms with van der Waals surface area (Å²) in [4.78, 5) is 0. The van der Waals surface area contributed by atoms with Crippen molar-refractivity contribution in [2.45, 2.75) is 79.8 Å². The molecule has 0 fully saturated rings. The summed E-state index contributed by atoms with van der Waals surface area (Å²) in [6, 6.07) is 20.3. The molecule has 0 spiro atoms. The maximum atomic E-state index is 9.53. The molecule has 0 amide bonds. The van der Waals surface area contributed by atoms with Gasteiger partial charge in [-0.2, -0.15) is 0 Å². The molecule has 0 radical (unpaired) electrons. The van der Waals surface area contributed by atoms with Gasteiger partial charge < -0.3 is 25.7 Å². The molecule has 2 aromatic carbocycles. The van der Waals surface area contributed by atoms with E-state index in [1.165, 1.54) is 0 Å². The molecule has 0 bridgehead atoms. The van der Waals surface area contributed by atoms with Crippen LogP contribution in [0.15, 0.2) is 60.7 Å². The number of benzene rings is 2. The van der Waals surface area contributed by atoms with Crippen molar-refractivity contribution in [2.75, 3.05) is 5.32 Å². The van der Waals surface area contributed by atoms with Gasteiger partial charge in [-0.15, -0.1) is 24.4 Å². The minimum Gasteiger partial charge on any atom is -0.852 e. The normalized spacial score (nSPS) is 8.93. The molecule has 0 aliphatic carbocycles. The third-order valence-electron chi connectivity index (χ3n) is 1.84. The number of hydrogen-bond donors (Lipinski definition) is 1. The van der Waals surface area contributed by atoms with Crippen molar-refractivity contribution in [3.63, 3.8) is 0 Å². The van der Waals surface area contributed by atoms with Crippen molar-refractivity contribution in [1.29, 1.82) is 0 Å². The van der Waals surface area contributed by atoms with Gasteiger partial charge in [0.15, 0.2) is 0 Å². The van der Waals surface area contributed by atoms with Crippen molar-refractivity contribution in [2.24, 2.45) is 0 Å². The third kappa shape index (κ3) is 50.5. The Labute approximate surface area is 199 Å². The van der Waals surface area contributed by atoms with Crippen LogP contribution in [0.2, 0.25) is 0 Å². The molecule has 2 rings (SSSR count). The van der Waals surface area contributed by atoms with Crippen LogP contribution in [-0.2, 0) is 21.7 Å². The molecule has 1 N–H and O–H groups in total. The zero-order valence-corrected chi connectivity index (χ0v) is 21.3. The second-order valence-corrected chi connectivity index (χ2v) is 7.05. The molecular formula is C24H39NO4Ti. The SMILES string of the molecule is CC(C)[O-].CC(C)[O-].CC(C)[O-].CC(C)[O-].[Ti+4].c1ccc(Nc2ccccc2)cc1. The predicted octanol–water partition coefficient (Wildman–Crippen LogP) is 2.45. The van der Waals surface area contributed by atoms with E-state index in [1.54, 1.807) is 55.4 Å². The Morgan fingerprint density at radius 1 is 0.467 bits per heavy atom. The van der Waals surface area contributed by atoms with E-state index in [-0.39, 0.29) is 21.7 Å². The smallest absolute Gasteiger partial charge is 0.852 e. The molecule has 2 aromatic rings. The van der Waals surface area contributed by atoms with E-state index in [0.717, 1.165) is 11.4 Å². The standard InChI is InChI=1S/C12H11N.4C3H7O.Ti/c1-3-7-11(8-4-1)13-12-9-5-2-6-10-12;4*1-3(2)4;/h1-10,13H;4*3H,1-2H3;/q;4*-1;+4. The van der Waals surface area contributed by atoms with Crippen LogP contribution in [0.3, 0.4) is 0 Å². The van der Waals surface area contributed by atoms with Gasteiger partial charge in [0.25, 0.3) is 0 Å². The summed E-state index contributed by atoms with van der Waals surface area (Å²) in [6.07, 6.45) is -1.67. The van der Waals surface area contributed by atoms with Crippen molar-refractivity contribution >= 4 is 11.4 Å². The second-order valence-electron chi connectivity index (χ2n) is 7.05. The van der Waals surface area contributed by atoms with Crippen LogP contribution in [0.1, 0.15) is 55.4 Å². The first-order valence-corrected chi connectivity index (χ1v) is 9.88. The molecule has 5 nitrogen and oxygen atoms in total. The molecule has 0 atom stereocenters. The maximum Gasteiger partial charge on any atom is 4.00 e. The van der Waals surface area contributed by atoms with E-state index in [9.17, 15) is 20.4 Å². The molecule has 0 unspecified atom stereocenters. The number of nitrogens with one attached hydrogen (secondary N) is 1. The molecule has 0 saturated heterocycles. The summed E-state index contributed by atoms with van der Waals surface area (Å²) in [6.45, 7) is 12.9. The summed E-state index contributed by atoms with van der Waals surface area (Å²) >= 11 is 0. The molecule has 168 valence electrons. The van der Waals surface area contributed by atoms with Gasteiger partial charge in [-0.3, -0.25) is 0 Å². The van der Waals surface area contributed by atoms with Gasteiger partial charge in [0.2, 0.25) is 0 Å². The minimum atomic E-state index is -0.417. The first-order chi connectivity index (χ1) is 13.4. The predicted molar refractivity (Wildman–Crippen MR) is 117 cm³/mol. The summed E-state index contributed by atoms with van der Waals surface area (Å²) in [7, 11) is 0. The summed E-state index contributed by atoms with van der Waals surface area (Å²) in [5, 5.41) is 41.4. The molecule has 30 heavy (non-hydrogen) atoms. The van der Waals surface area contributed by atoms with E-state index in [4.69, 9.17) is 0 Å². The van der Waals surface area contributed by atoms with Crippen molar-refractivity contribution in [3.05, 3.63) is 60.7 Å². The molecule has 0 aliphatic rings. The Balaban J connectivity index is -0.000000167. The zero-order chi connectivity index (χ0) is 23.2. The van der Waals surface area contributed by atoms with Crippen LogP contribution < -0.4 is 25.7 Å². The Bertz CT molecular complexity index is 463. The summed E-state index contributed by atoms with van der Waals surface area (Å²) < 4.78 is 0. The number of para-hydroxylation sites is 2.